The van der Waals surface area contributed by atoms with E-state index in [1.165, 1.54) is 6.07 Å². The molecule has 0 aromatic carbocycles. The van der Waals surface area contributed by atoms with E-state index in [0.29, 0.717) is 45.1 Å². The molecule has 0 bridgehead atoms. The fourth-order valence-corrected chi connectivity index (χ4v) is 4.77. The number of rotatable bonds is 3. The second-order valence-corrected chi connectivity index (χ2v) is 7.91. The van der Waals surface area contributed by atoms with Gasteiger partial charge in [-0.15, -0.1) is 0 Å². The normalized spacial score (nSPS) is 22.0. The van der Waals surface area contributed by atoms with Crippen molar-refractivity contribution < 1.29 is 8.42 Å². The number of nitrogens with one attached hydrogen (secondary N) is 1. The standard InChI is InChI=1S/C14H23N5O3S/c20-14-6-5-13(15-16-14)17-9-11-19(12-10-17)23(21,22)18-7-3-1-2-4-8-18/h5-6H,1-4,7-12H2,(H,16,20). The molecule has 1 N–H and O–H groups in total. The zero-order valence-corrected chi connectivity index (χ0v) is 14.0. The second kappa shape index (κ2) is 6.98. The van der Waals surface area contributed by atoms with Gasteiger partial charge in [0, 0.05) is 45.3 Å². The molecule has 0 saturated carbocycles. The van der Waals surface area contributed by atoms with Crippen molar-refractivity contribution in [2.45, 2.75) is 25.7 Å². The first kappa shape index (κ1) is 16.4. The topological polar surface area (TPSA) is 89.6 Å². The Kier molecular flexibility index (Phi) is 4.98. The molecule has 3 rings (SSSR count). The zero-order chi connectivity index (χ0) is 16.3. The Bertz CT molecular complexity index is 653. The summed E-state index contributed by atoms with van der Waals surface area (Å²) in [4.78, 5) is 13.1. The van der Waals surface area contributed by atoms with E-state index in [2.05, 4.69) is 10.2 Å². The maximum Gasteiger partial charge on any atom is 0.282 e. The highest BCUT2D eigenvalue weighted by atomic mass is 32.2. The molecule has 0 atom stereocenters. The Hall–Kier alpha value is -1.45. The minimum Gasteiger partial charge on any atom is -0.353 e. The Morgan fingerprint density at radius 1 is 0.870 bits per heavy atom. The van der Waals surface area contributed by atoms with E-state index in [9.17, 15) is 13.2 Å². The van der Waals surface area contributed by atoms with Crippen LogP contribution in [0.5, 0.6) is 0 Å². The van der Waals surface area contributed by atoms with Crippen LogP contribution in [0.25, 0.3) is 0 Å². The monoisotopic (exact) mass is 341 g/mol. The number of piperazine rings is 1. The van der Waals surface area contributed by atoms with E-state index in [4.69, 9.17) is 0 Å². The van der Waals surface area contributed by atoms with E-state index in [1.807, 2.05) is 4.90 Å². The average Bonchev–Trinajstić information content (AvgIpc) is 2.85. The van der Waals surface area contributed by atoms with Gasteiger partial charge in [0.05, 0.1) is 0 Å². The fraction of sp³-hybridized carbons (Fsp3) is 0.714. The third-order valence-corrected chi connectivity index (χ3v) is 6.48. The van der Waals surface area contributed by atoms with E-state index in [1.54, 1.807) is 14.7 Å². The highest BCUT2D eigenvalue weighted by Gasteiger charge is 2.32. The van der Waals surface area contributed by atoms with Gasteiger partial charge in [0.25, 0.3) is 15.8 Å². The Balaban J connectivity index is 1.63. The summed E-state index contributed by atoms with van der Waals surface area (Å²) >= 11 is 0. The molecular weight excluding hydrogens is 318 g/mol. The van der Waals surface area contributed by atoms with Crippen LogP contribution in [0.2, 0.25) is 0 Å². The SMILES string of the molecule is O=c1ccc(N2CCN(S(=O)(=O)N3CCCCCC3)CC2)n[nH]1. The van der Waals surface area contributed by atoms with E-state index >= 15 is 0 Å². The molecule has 2 aliphatic rings. The van der Waals surface area contributed by atoms with Gasteiger partial charge in [0.1, 0.15) is 5.82 Å². The molecule has 2 saturated heterocycles. The van der Waals surface area contributed by atoms with Crippen LogP contribution >= 0.6 is 0 Å². The number of hydrogen-bond acceptors (Lipinski definition) is 5. The van der Waals surface area contributed by atoms with Crippen LogP contribution in [0.1, 0.15) is 25.7 Å². The zero-order valence-electron chi connectivity index (χ0n) is 13.1. The largest absolute Gasteiger partial charge is 0.353 e. The van der Waals surface area contributed by atoms with Crippen molar-refractivity contribution in [3.05, 3.63) is 22.5 Å². The molecule has 1 aromatic heterocycles. The lowest BCUT2D eigenvalue weighted by Gasteiger charge is -2.36. The highest BCUT2D eigenvalue weighted by Crippen LogP contribution is 2.19. The number of hydrogen-bond donors (Lipinski definition) is 1. The lowest BCUT2D eigenvalue weighted by Crippen LogP contribution is -2.53. The summed E-state index contributed by atoms with van der Waals surface area (Å²) in [6.07, 6.45) is 4.11. The van der Waals surface area contributed by atoms with Crippen LogP contribution in [0.4, 0.5) is 5.82 Å². The molecule has 2 fully saturated rings. The number of nitrogens with zero attached hydrogens (tertiary/aromatic N) is 4. The molecule has 9 heteroatoms. The Morgan fingerprint density at radius 2 is 1.48 bits per heavy atom. The summed E-state index contributed by atoms with van der Waals surface area (Å²) in [7, 11) is -3.36. The van der Waals surface area contributed by atoms with Crippen LogP contribution in [-0.2, 0) is 10.2 Å². The predicted octanol–water partition coefficient (Wildman–Crippen LogP) is 0.0127. The summed E-state index contributed by atoms with van der Waals surface area (Å²) in [5, 5.41) is 6.41. The maximum absolute atomic E-state index is 12.8. The van der Waals surface area contributed by atoms with Crippen LogP contribution < -0.4 is 10.5 Å². The molecule has 0 amide bonds. The Labute approximate surface area is 136 Å². The van der Waals surface area contributed by atoms with E-state index < -0.39 is 10.2 Å². The third kappa shape index (κ3) is 3.73. The second-order valence-electron chi connectivity index (χ2n) is 5.99. The third-order valence-electron chi connectivity index (χ3n) is 4.44. The fourth-order valence-electron chi connectivity index (χ4n) is 3.10. The van der Waals surface area contributed by atoms with Gasteiger partial charge in [0.2, 0.25) is 0 Å². The highest BCUT2D eigenvalue weighted by molar-refractivity contribution is 7.86. The lowest BCUT2D eigenvalue weighted by atomic mass is 10.2. The van der Waals surface area contributed by atoms with Gasteiger partial charge in [-0.3, -0.25) is 4.79 Å². The molecule has 3 heterocycles. The lowest BCUT2D eigenvalue weighted by molar-refractivity contribution is 0.327. The molecule has 0 aliphatic carbocycles. The van der Waals surface area contributed by atoms with Gasteiger partial charge >= 0.3 is 0 Å². The molecule has 0 spiro atoms. The van der Waals surface area contributed by atoms with Crippen LogP contribution in [0.15, 0.2) is 16.9 Å². The number of aromatic amines is 1. The first-order chi connectivity index (χ1) is 11.1. The average molecular weight is 341 g/mol. The summed E-state index contributed by atoms with van der Waals surface area (Å²) in [5.74, 6) is 0.677. The number of aromatic nitrogens is 2. The van der Waals surface area contributed by atoms with Crippen molar-refractivity contribution in [2.24, 2.45) is 0 Å². The minimum atomic E-state index is -3.36. The summed E-state index contributed by atoms with van der Waals surface area (Å²) in [6.45, 7) is 3.30. The van der Waals surface area contributed by atoms with Gasteiger partial charge in [-0.05, 0) is 18.9 Å². The van der Waals surface area contributed by atoms with Crippen molar-refractivity contribution >= 4 is 16.0 Å². The molecule has 8 nitrogen and oxygen atoms in total. The van der Waals surface area contributed by atoms with Gasteiger partial charge in [0.15, 0.2) is 0 Å². The molecule has 0 radical (unpaired) electrons. The molecule has 0 unspecified atom stereocenters. The van der Waals surface area contributed by atoms with Crippen LogP contribution in [0.3, 0.4) is 0 Å². The molecule has 2 aliphatic heterocycles. The van der Waals surface area contributed by atoms with E-state index in [0.717, 1.165) is 25.7 Å². The Morgan fingerprint density at radius 3 is 2.04 bits per heavy atom. The number of anilines is 1. The van der Waals surface area contributed by atoms with E-state index in [-0.39, 0.29) is 5.56 Å². The maximum atomic E-state index is 12.8. The van der Waals surface area contributed by atoms with Gasteiger partial charge < -0.3 is 4.90 Å². The smallest absolute Gasteiger partial charge is 0.282 e. The molecule has 128 valence electrons. The first-order valence-corrected chi connectivity index (χ1v) is 9.53. The van der Waals surface area contributed by atoms with Crippen molar-refractivity contribution in [3.8, 4) is 0 Å². The predicted molar refractivity (Wildman–Crippen MR) is 87.6 cm³/mol. The summed E-state index contributed by atoms with van der Waals surface area (Å²) in [6, 6.07) is 3.10. The molecule has 1 aromatic rings. The van der Waals surface area contributed by atoms with Crippen molar-refractivity contribution in [2.75, 3.05) is 44.2 Å². The summed E-state index contributed by atoms with van der Waals surface area (Å²) < 4.78 is 28.7. The van der Waals surface area contributed by atoms with Crippen LogP contribution in [0, 0.1) is 0 Å². The molecule has 23 heavy (non-hydrogen) atoms. The minimum absolute atomic E-state index is 0.240. The van der Waals surface area contributed by atoms with Gasteiger partial charge in [-0.1, -0.05) is 12.8 Å². The van der Waals surface area contributed by atoms with Crippen molar-refractivity contribution in [1.29, 1.82) is 0 Å². The first-order valence-electron chi connectivity index (χ1n) is 8.13. The number of H-pyrrole nitrogens is 1. The van der Waals surface area contributed by atoms with Crippen LogP contribution in [-0.4, -0.2) is 66.5 Å². The molecular formula is C14H23N5O3S. The van der Waals surface area contributed by atoms with Crippen molar-refractivity contribution in [1.82, 2.24) is 18.8 Å². The quantitative estimate of drug-likeness (QED) is 0.837. The van der Waals surface area contributed by atoms with Gasteiger partial charge in [-0.2, -0.15) is 22.1 Å². The van der Waals surface area contributed by atoms with Gasteiger partial charge in [-0.25, -0.2) is 5.10 Å². The summed E-state index contributed by atoms with van der Waals surface area (Å²) in [5.41, 5.74) is -0.240. The van der Waals surface area contributed by atoms with Crippen molar-refractivity contribution in [3.63, 3.8) is 0 Å².